The van der Waals surface area contributed by atoms with Gasteiger partial charge in [0.1, 0.15) is 0 Å². The molecule has 2 aromatic rings. The highest BCUT2D eigenvalue weighted by Gasteiger charge is 2.36. The first-order valence-corrected chi connectivity index (χ1v) is 11.3. The number of rotatable bonds is 7. The molecule has 2 unspecified atom stereocenters. The van der Waals surface area contributed by atoms with Gasteiger partial charge in [0, 0.05) is 31.7 Å². The smallest absolute Gasteiger partial charge is 0.337 e. The Morgan fingerprint density at radius 2 is 1.93 bits per heavy atom. The van der Waals surface area contributed by atoms with Crippen LogP contribution in [0.5, 0.6) is 0 Å². The molecule has 7 heteroatoms. The summed E-state index contributed by atoms with van der Waals surface area (Å²) >= 11 is 0. The lowest BCUT2D eigenvalue weighted by atomic mass is 10.1. The minimum Gasteiger partial charge on any atom is -0.465 e. The number of benzene rings is 2. The molecule has 6 nitrogen and oxygen atoms in total. The number of carbonyl (C=O) groups excluding carboxylic acids is 1. The van der Waals surface area contributed by atoms with E-state index in [1.807, 2.05) is 25.1 Å². The Morgan fingerprint density at radius 3 is 2.59 bits per heavy atom. The maximum atomic E-state index is 13.3. The van der Waals surface area contributed by atoms with Crippen LogP contribution in [0.1, 0.15) is 42.2 Å². The van der Waals surface area contributed by atoms with Gasteiger partial charge in [-0.3, -0.25) is 4.90 Å². The average Bonchev–Trinajstić information content (AvgIpc) is 3.23. The number of sulfonamides is 1. The number of hydrogen-bond donors (Lipinski definition) is 0. The molecular weight excluding hydrogens is 388 g/mol. The Kier molecular flexibility index (Phi) is 6.72. The molecule has 0 saturated carbocycles. The highest BCUT2D eigenvalue weighted by molar-refractivity contribution is 7.89. The third-order valence-electron chi connectivity index (χ3n) is 5.61. The van der Waals surface area contributed by atoms with Gasteiger partial charge < -0.3 is 4.74 Å². The van der Waals surface area contributed by atoms with Crippen LogP contribution in [0.25, 0.3) is 0 Å². The van der Waals surface area contributed by atoms with E-state index in [1.54, 1.807) is 16.4 Å². The van der Waals surface area contributed by atoms with E-state index in [0.29, 0.717) is 13.1 Å². The average molecular weight is 417 g/mol. The van der Waals surface area contributed by atoms with E-state index < -0.39 is 16.0 Å². The number of hydrogen-bond acceptors (Lipinski definition) is 5. The van der Waals surface area contributed by atoms with Gasteiger partial charge in [-0.2, -0.15) is 4.31 Å². The Balaban J connectivity index is 1.80. The standard InChI is InChI=1S/C22H28N2O4S/c1-4-24(29(26,27)21-12-8-11-19(15-21)22(25)28-3)20-13-14-23(16-20)17(2)18-9-6-5-7-10-18/h5-12,15,17,20H,4,13-14,16H2,1-3H3. The van der Waals surface area contributed by atoms with Crippen molar-refractivity contribution in [3.05, 3.63) is 65.7 Å². The minimum atomic E-state index is -3.71. The first kappa shape index (κ1) is 21.5. The first-order chi connectivity index (χ1) is 13.9. The summed E-state index contributed by atoms with van der Waals surface area (Å²) in [7, 11) is -2.43. The van der Waals surface area contributed by atoms with E-state index in [2.05, 4.69) is 24.0 Å². The molecule has 0 bridgehead atoms. The molecule has 3 rings (SSSR count). The fourth-order valence-electron chi connectivity index (χ4n) is 3.96. The lowest BCUT2D eigenvalue weighted by Gasteiger charge is -2.29. The van der Waals surface area contributed by atoms with Gasteiger partial charge in [-0.15, -0.1) is 0 Å². The van der Waals surface area contributed by atoms with E-state index in [0.717, 1.165) is 13.0 Å². The maximum absolute atomic E-state index is 13.3. The zero-order valence-corrected chi connectivity index (χ0v) is 17.9. The minimum absolute atomic E-state index is 0.0991. The SMILES string of the molecule is CCN(C1CCN(C(C)c2ccccc2)C1)S(=O)(=O)c1cccc(C(=O)OC)c1. The highest BCUT2D eigenvalue weighted by Crippen LogP contribution is 2.29. The monoisotopic (exact) mass is 416 g/mol. The molecule has 0 amide bonds. The van der Waals surface area contributed by atoms with Crippen molar-refractivity contribution in [1.29, 1.82) is 0 Å². The summed E-state index contributed by atoms with van der Waals surface area (Å²) in [5, 5.41) is 0. The summed E-state index contributed by atoms with van der Waals surface area (Å²) in [6.45, 7) is 5.91. The Labute approximate surface area is 173 Å². The van der Waals surface area contributed by atoms with Gasteiger partial charge in [0.15, 0.2) is 0 Å². The molecule has 1 heterocycles. The normalized spacial score (nSPS) is 18.7. The third-order valence-corrected chi connectivity index (χ3v) is 7.63. The second-order valence-corrected chi connectivity index (χ2v) is 9.14. The molecule has 1 aliphatic heterocycles. The summed E-state index contributed by atoms with van der Waals surface area (Å²) in [6.07, 6.45) is 0.779. The zero-order chi connectivity index (χ0) is 21.0. The fourth-order valence-corrected chi connectivity index (χ4v) is 5.66. The predicted molar refractivity (Wildman–Crippen MR) is 112 cm³/mol. The van der Waals surface area contributed by atoms with Crippen molar-refractivity contribution in [1.82, 2.24) is 9.21 Å². The second kappa shape index (κ2) is 9.07. The summed E-state index contributed by atoms with van der Waals surface area (Å²) < 4.78 is 32.9. The molecule has 1 aliphatic rings. The number of nitrogens with zero attached hydrogens (tertiary/aromatic N) is 2. The second-order valence-electron chi connectivity index (χ2n) is 7.25. The summed E-state index contributed by atoms with van der Waals surface area (Å²) in [5.41, 5.74) is 1.46. The molecule has 2 aromatic carbocycles. The molecule has 0 N–H and O–H groups in total. The molecule has 156 valence electrons. The number of likely N-dealkylation sites (N-methyl/N-ethyl adjacent to an activating group) is 1. The van der Waals surface area contributed by atoms with Gasteiger partial charge in [0.05, 0.1) is 17.6 Å². The van der Waals surface area contributed by atoms with E-state index >= 15 is 0 Å². The van der Waals surface area contributed by atoms with Gasteiger partial charge in [0.2, 0.25) is 10.0 Å². The maximum Gasteiger partial charge on any atom is 0.337 e. The van der Waals surface area contributed by atoms with Crippen LogP contribution in [-0.4, -0.2) is 56.4 Å². The Morgan fingerprint density at radius 1 is 1.21 bits per heavy atom. The van der Waals surface area contributed by atoms with Crippen molar-refractivity contribution in [2.75, 3.05) is 26.7 Å². The first-order valence-electron chi connectivity index (χ1n) is 9.87. The van der Waals surface area contributed by atoms with Crippen LogP contribution in [0.2, 0.25) is 0 Å². The van der Waals surface area contributed by atoms with Crippen molar-refractivity contribution >= 4 is 16.0 Å². The summed E-state index contributed by atoms with van der Waals surface area (Å²) in [5.74, 6) is -0.547. The van der Waals surface area contributed by atoms with E-state index in [1.165, 1.54) is 24.8 Å². The quantitative estimate of drug-likeness (QED) is 0.648. The van der Waals surface area contributed by atoms with Crippen molar-refractivity contribution in [3.8, 4) is 0 Å². The van der Waals surface area contributed by atoms with Crippen LogP contribution in [0.15, 0.2) is 59.5 Å². The van der Waals surface area contributed by atoms with Crippen molar-refractivity contribution in [3.63, 3.8) is 0 Å². The van der Waals surface area contributed by atoms with E-state index in [9.17, 15) is 13.2 Å². The molecule has 0 radical (unpaired) electrons. The largest absolute Gasteiger partial charge is 0.465 e. The van der Waals surface area contributed by atoms with Crippen LogP contribution in [0, 0.1) is 0 Å². The van der Waals surface area contributed by atoms with Crippen LogP contribution in [-0.2, 0) is 14.8 Å². The molecule has 29 heavy (non-hydrogen) atoms. The van der Waals surface area contributed by atoms with Crippen molar-refractivity contribution in [2.24, 2.45) is 0 Å². The predicted octanol–water partition coefficient (Wildman–Crippen LogP) is 3.32. The Hall–Kier alpha value is -2.22. The number of ether oxygens (including phenoxy) is 1. The number of esters is 1. The molecular formula is C22H28N2O4S. The van der Waals surface area contributed by atoms with Crippen LogP contribution >= 0.6 is 0 Å². The van der Waals surface area contributed by atoms with Crippen LogP contribution < -0.4 is 0 Å². The van der Waals surface area contributed by atoms with Gasteiger partial charge in [-0.25, -0.2) is 13.2 Å². The number of carbonyl (C=O) groups is 1. The molecule has 1 fully saturated rings. The van der Waals surface area contributed by atoms with E-state index in [4.69, 9.17) is 4.74 Å². The van der Waals surface area contributed by atoms with Crippen molar-refractivity contribution in [2.45, 2.75) is 37.2 Å². The lowest BCUT2D eigenvalue weighted by Crippen LogP contribution is -2.42. The van der Waals surface area contributed by atoms with Gasteiger partial charge in [0.25, 0.3) is 0 Å². The summed E-state index contributed by atoms with van der Waals surface area (Å²) in [6, 6.07) is 16.4. The highest BCUT2D eigenvalue weighted by atomic mass is 32.2. The van der Waals surface area contributed by atoms with Gasteiger partial charge in [-0.05, 0) is 37.1 Å². The molecule has 0 spiro atoms. The topological polar surface area (TPSA) is 66.9 Å². The molecule has 0 aliphatic carbocycles. The lowest BCUT2D eigenvalue weighted by molar-refractivity contribution is 0.0600. The van der Waals surface area contributed by atoms with Crippen LogP contribution in [0.3, 0.4) is 0 Å². The fraction of sp³-hybridized carbons (Fsp3) is 0.409. The van der Waals surface area contributed by atoms with Crippen LogP contribution in [0.4, 0.5) is 0 Å². The van der Waals surface area contributed by atoms with Gasteiger partial charge >= 0.3 is 5.97 Å². The molecule has 2 atom stereocenters. The zero-order valence-electron chi connectivity index (χ0n) is 17.1. The number of methoxy groups -OCH3 is 1. The van der Waals surface area contributed by atoms with Gasteiger partial charge in [-0.1, -0.05) is 43.3 Å². The van der Waals surface area contributed by atoms with E-state index in [-0.39, 0.29) is 22.5 Å². The van der Waals surface area contributed by atoms with Crippen molar-refractivity contribution < 1.29 is 17.9 Å². The number of likely N-dealkylation sites (tertiary alicyclic amines) is 1. The molecule has 1 saturated heterocycles. The Bertz CT molecular complexity index is 946. The molecule has 0 aromatic heterocycles. The summed E-state index contributed by atoms with van der Waals surface area (Å²) in [4.78, 5) is 14.2. The third kappa shape index (κ3) is 4.52.